The van der Waals surface area contributed by atoms with Crippen LogP contribution in [0.2, 0.25) is 0 Å². The summed E-state index contributed by atoms with van der Waals surface area (Å²) in [7, 11) is 0. The van der Waals surface area contributed by atoms with Gasteiger partial charge in [-0.05, 0) is 44.7 Å². The van der Waals surface area contributed by atoms with Crippen molar-refractivity contribution in [1.82, 2.24) is 24.6 Å². The summed E-state index contributed by atoms with van der Waals surface area (Å²) in [6, 6.07) is 8.39. The molecule has 0 saturated heterocycles. The van der Waals surface area contributed by atoms with Crippen molar-refractivity contribution >= 4 is 5.71 Å². The Morgan fingerprint density at radius 2 is 1.93 bits per heavy atom. The van der Waals surface area contributed by atoms with Crippen LogP contribution in [0, 0.1) is 13.8 Å². The summed E-state index contributed by atoms with van der Waals surface area (Å²) < 4.78 is 2.06. The molecule has 0 bridgehead atoms. The van der Waals surface area contributed by atoms with Crippen LogP contribution in [-0.4, -0.2) is 43.4 Å². The zero-order chi connectivity index (χ0) is 20.5. The molecule has 0 unspecified atom stereocenters. The maximum atomic E-state index is 4.86. The van der Waals surface area contributed by atoms with Crippen molar-refractivity contribution in [2.24, 2.45) is 4.99 Å². The molecular formula is C24H28N6. The Bertz CT molecular complexity index is 1100. The molecule has 0 spiro atoms. The predicted molar refractivity (Wildman–Crippen MR) is 118 cm³/mol. The zero-order valence-corrected chi connectivity index (χ0v) is 17.8. The lowest BCUT2D eigenvalue weighted by Gasteiger charge is -2.28. The number of aromatic nitrogens is 4. The van der Waals surface area contributed by atoms with E-state index in [1.165, 1.54) is 40.9 Å². The number of aliphatic imine (C=N–C) groups is 1. The molecule has 0 radical (unpaired) electrons. The summed E-state index contributed by atoms with van der Waals surface area (Å²) in [4.78, 5) is 16.6. The van der Waals surface area contributed by atoms with Gasteiger partial charge in [0, 0.05) is 55.6 Å². The van der Waals surface area contributed by atoms with E-state index >= 15 is 0 Å². The first-order valence-corrected chi connectivity index (χ1v) is 10.9. The van der Waals surface area contributed by atoms with E-state index in [0.717, 1.165) is 56.2 Å². The van der Waals surface area contributed by atoms with Crippen LogP contribution in [0.25, 0.3) is 5.69 Å². The summed E-state index contributed by atoms with van der Waals surface area (Å²) in [5.41, 5.74) is 8.38. The molecule has 0 fully saturated rings. The summed E-state index contributed by atoms with van der Waals surface area (Å²) in [6.45, 7) is 7.99. The SMILES string of the molecule is Cc1ccccc1-n1ncc(CN2CCc3nc(C4=NCCCC4)ncc3C2)c1C. The van der Waals surface area contributed by atoms with Crippen LogP contribution in [0.3, 0.4) is 0 Å². The maximum absolute atomic E-state index is 4.86. The first-order chi connectivity index (χ1) is 14.7. The van der Waals surface area contributed by atoms with Gasteiger partial charge in [-0.15, -0.1) is 0 Å². The van der Waals surface area contributed by atoms with Crippen molar-refractivity contribution < 1.29 is 0 Å². The molecule has 0 N–H and O–H groups in total. The van der Waals surface area contributed by atoms with E-state index in [0.29, 0.717) is 0 Å². The lowest BCUT2D eigenvalue weighted by atomic mass is 10.0. The van der Waals surface area contributed by atoms with Crippen LogP contribution >= 0.6 is 0 Å². The highest BCUT2D eigenvalue weighted by Crippen LogP contribution is 2.23. The maximum Gasteiger partial charge on any atom is 0.173 e. The molecule has 2 aromatic heterocycles. The predicted octanol–water partition coefficient (Wildman–Crippen LogP) is 3.81. The number of hydrogen-bond donors (Lipinski definition) is 0. The lowest BCUT2D eigenvalue weighted by Crippen LogP contribution is -2.31. The first kappa shape index (κ1) is 19.1. The van der Waals surface area contributed by atoms with E-state index in [1.54, 1.807) is 0 Å². The lowest BCUT2D eigenvalue weighted by molar-refractivity contribution is 0.242. The third kappa shape index (κ3) is 3.67. The Kier molecular flexibility index (Phi) is 5.17. The molecule has 30 heavy (non-hydrogen) atoms. The second kappa shape index (κ2) is 8.11. The van der Waals surface area contributed by atoms with Gasteiger partial charge >= 0.3 is 0 Å². The topological polar surface area (TPSA) is 59.2 Å². The Hall–Kier alpha value is -2.86. The number of rotatable bonds is 4. The van der Waals surface area contributed by atoms with Crippen LogP contribution < -0.4 is 0 Å². The molecule has 0 amide bonds. The quantitative estimate of drug-likeness (QED) is 0.668. The van der Waals surface area contributed by atoms with E-state index in [2.05, 4.69) is 62.8 Å². The van der Waals surface area contributed by atoms with Crippen LogP contribution in [0.15, 0.2) is 41.7 Å². The largest absolute Gasteiger partial charge is 0.294 e. The van der Waals surface area contributed by atoms with Gasteiger partial charge in [0.1, 0.15) is 0 Å². The molecule has 2 aliphatic rings. The third-order valence-electron chi connectivity index (χ3n) is 6.24. The monoisotopic (exact) mass is 400 g/mol. The number of para-hydroxylation sites is 1. The summed E-state index contributed by atoms with van der Waals surface area (Å²) in [5.74, 6) is 0.845. The van der Waals surface area contributed by atoms with Crippen molar-refractivity contribution in [2.75, 3.05) is 13.1 Å². The van der Waals surface area contributed by atoms with Crippen molar-refractivity contribution in [1.29, 1.82) is 0 Å². The fraction of sp³-hybridized carbons (Fsp3) is 0.417. The normalized spacial score (nSPS) is 16.9. The standard InChI is InChI=1S/C24H28N6/c1-17-7-3-4-9-23(17)30-18(2)19(14-27-30)15-29-12-10-21-20(16-29)13-26-24(28-21)22-8-5-6-11-25-22/h3-4,7,9,13-14H,5-6,8,10-12,15-16H2,1-2H3. The van der Waals surface area contributed by atoms with Gasteiger partial charge in [-0.25, -0.2) is 14.6 Å². The second-order valence-corrected chi connectivity index (χ2v) is 8.37. The smallest absolute Gasteiger partial charge is 0.173 e. The third-order valence-corrected chi connectivity index (χ3v) is 6.24. The van der Waals surface area contributed by atoms with E-state index < -0.39 is 0 Å². The molecule has 1 aromatic carbocycles. The minimum absolute atomic E-state index is 0.845. The van der Waals surface area contributed by atoms with Gasteiger partial charge in [0.15, 0.2) is 5.82 Å². The molecule has 6 nitrogen and oxygen atoms in total. The van der Waals surface area contributed by atoms with Gasteiger partial charge in [0.05, 0.1) is 23.3 Å². The molecule has 0 aliphatic carbocycles. The molecule has 154 valence electrons. The first-order valence-electron chi connectivity index (χ1n) is 10.9. The zero-order valence-electron chi connectivity index (χ0n) is 17.8. The highest BCUT2D eigenvalue weighted by Gasteiger charge is 2.21. The van der Waals surface area contributed by atoms with Crippen molar-refractivity contribution in [3.05, 3.63) is 70.6 Å². The Balaban J connectivity index is 1.32. The number of hydrogen-bond acceptors (Lipinski definition) is 5. The second-order valence-electron chi connectivity index (χ2n) is 8.37. The minimum atomic E-state index is 0.845. The Morgan fingerprint density at radius 1 is 1.03 bits per heavy atom. The van der Waals surface area contributed by atoms with E-state index in [4.69, 9.17) is 4.98 Å². The Morgan fingerprint density at radius 3 is 2.77 bits per heavy atom. The van der Waals surface area contributed by atoms with Crippen molar-refractivity contribution in [2.45, 2.75) is 52.6 Å². The number of fused-ring (bicyclic) bond motifs is 1. The average molecular weight is 401 g/mol. The summed E-state index contributed by atoms with van der Waals surface area (Å²) >= 11 is 0. The molecule has 0 atom stereocenters. The van der Waals surface area contributed by atoms with Crippen LogP contribution in [0.4, 0.5) is 0 Å². The van der Waals surface area contributed by atoms with Gasteiger partial charge in [-0.1, -0.05) is 18.2 Å². The summed E-state index contributed by atoms with van der Waals surface area (Å²) in [6.07, 6.45) is 8.38. The number of aryl methyl sites for hydroxylation is 1. The van der Waals surface area contributed by atoms with Crippen LogP contribution in [-0.2, 0) is 19.5 Å². The highest BCUT2D eigenvalue weighted by atomic mass is 15.3. The van der Waals surface area contributed by atoms with Crippen molar-refractivity contribution in [3.8, 4) is 5.69 Å². The van der Waals surface area contributed by atoms with Gasteiger partial charge in [-0.3, -0.25) is 9.89 Å². The molecule has 5 rings (SSSR count). The number of nitrogens with zero attached hydrogens (tertiary/aromatic N) is 6. The van der Waals surface area contributed by atoms with E-state index in [-0.39, 0.29) is 0 Å². The van der Waals surface area contributed by atoms with Crippen LogP contribution in [0.1, 0.15) is 53.2 Å². The van der Waals surface area contributed by atoms with Gasteiger partial charge in [0.2, 0.25) is 0 Å². The van der Waals surface area contributed by atoms with Crippen molar-refractivity contribution in [3.63, 3.8) is 0 Å². The fourth-order valence-electron chi connectivity index (χ4n) is 4.41. The molecule has 3 aromatic rings. The van der Waals surface area contributed by atoms with Gasteiger partial charge < -0.3 is 0 Å². The molecule has 2 aliphatic heterocycles. The molecule has 4 heterocycles. The number of benzene rings is 1. The van der Waals surface area contributed by atoms with E-state index in [9.17, 15) is 0 Å². The Labute approximate surface area is 177 Å². The average Bonchev–Trinajstić information content (AvgIpc) is 3.14. The molecular weight excluding hydrogens is 372 g/mol. The van der Waals surface area contributed by atoms with Crippen LogP contribution in [0.5, 0.6) is 0 Å². The minimum Gasteiger partial charge on any atom is -0.294 e. The molecule has 6 heteroatoms. The van der Waals surface area contributed by atoms with Gasteiger partial charge in [0.25, 0.3) is 0 Å². The summed E-state index contributed by atoms with van der Waals surface area (Å²) in [5, 5.41) is 4.67. The highest BCUT2D eigenvalue weighted by molar-refractivity contribution is 5.97. The fourth-order valence-corrected chi connectivity index (χ4v) is 4.41. The van der Waals surface area contributed by atoms with E-state index in [1.807, 2.05) is 12.4 Å². The van der Waals surface area contributed by atoms with Gasteiger partial charge in [-0.2, -0.15) is 5.10 Å². The molecule has 0 saturated carbocycles.